The number of hydrogen-bond donors (Lipinski definition) is 1. The largest absolute Gasteiger partial charge is 0.276 e. The molecule has 0 aromatic carbocycles. The fraction of sp³-hybridized carbons (Fsp3) is 0.692. The molecule has 1 aliphatic rings. The van der Waals surface area contributed by atoms with Gasteiger partial charge in [0.1, 0.15) is 4.88 Å². The zero-order valence-corrected chi connectivity index (χ0v) is 13.4. The first kappa shape index (κ1) is 15.4. The highest BCUT2D eigenvalue weighted by Gasteiger charge is 2.30. The molecule has 0 atom stereocenters. The van der Waals surface area contributed by atoms with Gasteiger partial charge in [-0.05, 0) is 18.8 Å². The summed E-state index contributed by atoms with van der Waals surface area (Å²) in [5, 5.41) is -0.435. The Morgan fingerprint density at radius 3 is 2.60 bits per heavy atom. The fourth-order valence-corrected chi connectivity index (χ4v) is 4.85. The van der Waals surface area contributed by atoms with Crippen LogP contribution in [-0.2, 0) is 10.0 Å². The Morgan fingerprint density at radius 2 is 2.00 bits per heavy atom. The predicted octanol–water partition coefficient (Wildman–Crippen LogP) is 2.66. The third-order valence-electron chi connectivity index (χ3n) is 3.57. The van der Waals surface area contributed by atoms with E-state index in [9.17, 15) is 13.2 Å². The SMILES string of the molecule is CC(C)c1ncsc1C(=O)NS(=O)(=O)C1CCCCC1. The molecule has 0 bridgehead atoms. The first-order chi connectivity index (χ1) is 9.42. The number of aromatic nitrogens is 1. The van der Waals surface area contributed by atoms with Gasteiger partial charge in [-0.3, -0.25) is 4.79 Å². The molecule has 1 fully saturated rings. The van der Waals surface area contributed by atoms with E-state index in [0.717, 1.165) is 19.3 Å². The first-order valence-corrected chi connectivity index (χ1v) is 9.33. The molecule has 5 nitrogen and oxygen atoms in total. The van der Waals surface area contributed by atoms with Gasteiger partial charge in [0, 0.05) is 0 Å². The molecule has 0 unspecified atom stereocenters. The summed E-state index contributed by atoms with van der Waals surface area (Å²) in [6, 6.07) is 0. The van der Waals surface area contributed by atoms with E-state index in [0.29, 0.717) is 23.4 Å². The summed E-state index contributed by atoms with van der Waals surface area (Å²) < 4.78 is 26.7. The van der Waals surface area contributed by atoms with E-state index in [1.807, 2.05) is 13.8 Å². The molecule has 0 saturated heterocycles. The lowest BCUT2D eigenvalue weighted by Crippen LogP contribution is -2.39. The summed E-state index contributed by atoms with van der Waals surface area (Å²) >= 11 is 1.19. The average molecular weight is 316 g/mol. The zero-order valence-electron chi connectivity index (χ0n) is 11.8. The number of carbonyl (C=O) groups is 1. The van der Waals surface area contributed by atoms with E-state index in [-0.39, 0.29) is 5.92 Å². The maximum atomic E-state index is 12.2. The molecule has 1 heterocycles. The lowest BCUT2D eigenvalue weighted by atomic mass is 10.0. The van der Waals surface area contributed by atoms with Crippen molar-refractivity contribution < 1.29 is 13.2 Å². The Labute approximate surface area is 123 Å². The van der Waals surface area contributed by atoms with Crippen LogP contribution < -0.4 is 4.72 Å². The Kier molecular flexibility index (Phi) is 4.80. The van der Waals surface area contributed by atoms with Gasteiger partial charge in [-0.2, -0.15) is 0 Å². The maximum Gasteiger partial charge on any atom is 0.276 e. The van der Waals surface area contributed by atoms with Gasteiger partial charge in [0.2, 0.25) is 10.0 Å². The summed E-state index contributed by atoms with van der Waals surface area (Å²) in [6.45, 7) is 3.86. The van der Waals surface area contributed by atoms with Gasteiger partial charge in [0.05, 0.1) is 16.5 Å². The van der Waals surface area contributed by atoms with Crippen molar-refractivity contribution in [2.24, 2.45) is 0 Å². The van der Waals surface area contributed by atoms with Crippen molar-refractivity contribution >= 4 is 27.3 Å². The molecule has 1 aromatic heterocycles. The summed E-state index contributed by atoms with van der Waals surface area (Å²) in [6.07, 6.45) is 4.19. The van der Waals surface area contributed by atoms with Crippen molar-refractivity contribution in [3.05, 3.63) is 16.1 Å². The summed E-state index contributed by atoms with van der Waals surface area (Å²) in [5.74, 6) is -0.443. The summed E-state index contributed by atoms with van der Waals surface area (Å²) in [4.78, 5) is 16.7. The number of amides is 1. The normalized spacial score (nSPS) is 17.4. The first-order valence-electron chi connectivity index (χ1n) is 6.91. The van der Waals surface area contributed by atoms with Crippen molar-refractivity contribution in [2.75, 3.05) is 0 Å². The highest BCUT2D eigenvalue weighted by molar-refractivity contribution is 7.90. The van der Waals surface area contributed by atoms with Crippen LogP contribution >= 0.6 is 11.3 Å². The minimum absolute atomic E-state index is 0.0967. The van der Waals surface area contributed by atoms with Gasteiger partial charge in [-0.1, -0.05) is 33.1 Å². The topological polar surface area (TPSA) is 76.1 Å². The van der Waals surface area contributed by atoms with Crippen LogP contribution in [0.15, 0.2) is 5.51 Å². The van der Waals surface area contributed by atoms with Crippen molar-refractivity contribution in [1.29, 1.82) is 0 Å². The van der Waals surface area contributed by atoms with Crippen LogP contribution in [0.4, 0.5) is 0 Å². The number of carbonyl (C=O) groups excluding carboxylic acids is 1. The molecule has 0 radical (unpaired) electrons. The lowest BCUT2D eigenvalue weighted by Gasteiger charge is -2.21. The van der Waals surface area contributed by atoms with Crippen LogP contribution in [0.3, 0.4) is 0 Å². The van der Waals surface area contributed by atoms with E-state index < -0.39 is 21.2 Å². The molecule has 1 aliphatic carbocycles. The van der Waals surface area contributed by atoms with E-state index in [1.54, 1.807) is 5.51 Å². The van der Waals surface area contributed by atoms with Gasteiger partial charge >= 0.3 is 0 Å². The maximum absolute atomic E-state index is 12.2. The molecule has 20 heavy (non-hydrogen) atoms. The molecule has 7 heteroatoms. The van der Waals surface area contributed by atoms with Crippen molar-refractivity contribution in [2.45, 2.75) is 57.1 Å². The number of hydrogen-bond acceptors (Lipinski definition) is 5. The van der Waals surface area contributed by atoms with Crippen LogP contribution in [-0.4, -0.2) is 24.6 Å². The Balaban J connectivity index is 2.12. The minimum atomic E-state index is -3.57. The van der Waals surface area contributed by atoms with E-state index in [4.69, 9.17) is 0 Å². The molecule has 0 spiro atoms. The van der Waals surface area contributed by atoms with Crippen LogP contribution in [0.5, 0.6) is 0 Å². The van der Waals surface area contributed by atoms with Crippen LogP contribution in [0.1, 0.15) is 67.2 Å². The Bertz CT molecular complexity index is 572. The average Bonchev–Trinajstić information content (AvgIpc) is 2.88. The van der Waals surface area contributed by atoms with Crippen molar-refractivity contribution in [3.63, 3.8) is 0 Å². The quantitative estimate of drug-likeness (QED) is 0.926. The highest BCUT2D eigenvalue weighted by atomic mass is 32.2. The molecule has 1 saturated carbocycles. The second-order valence-electron chi connectivity index (χ2n) is 5.46. The number of thiazole rings is 1. The molecular weight excluding hydrogens is 296 g/mol. The predicted molar refractivity (Wildman–Crippen MR) is 79.5 cm³/mol. The fourth-order valence-electron chi connectivity index (χ4n) is 2.47. The second kappa shape index (κ2) is 6.22. The van der Waals surface area contributed by atoms with Crippen LogP contribution in [0, 0.1) is 0 Å². The number of nitrogens with zero attached hydrogens (tertiary/aromatic N) is 1. The van der Waals surface area contributed by atoms with Gasteiger partial charge in [-0.25, -0.2) is 18.1 Å². The van der Waals surface area contributed by atoms with Gasteiger partial charge in [0.15, 0.2) is 0 Å². The van der Waals surface area contributed by atoms with E-state index >= 15 is 0 Å². The molecular formula is C13H20N2O3S2. The molecule has 1 amide bonds. The summed E-state index contributed by atoms with van der Waals surface area (Å²) in [5.41, 5.74) is 2.24. The second-order valence-corrected chi connectivity index (χ2v) is 8.27. The monoisotopic (exact) mass is 316 g/mol. The van der Waals surface area contributed by atoms with Gasteiger partial charge in [-0.15, -0.1) is 11.3 Å². The van der Waals surface area contributed by atoms with Crippen LogP contribution in [0.2, 0.25) is 0 Å². The Hall–Kier alpha value is -0.950. The standard InChI is InChI=1S/C13H20N2O3S2/c1-9(2)11-12(19-8-14-11)13(16)15-20(17,18)10-6-4-3-5-7-10/h8-10H,3-7H2,1-2H3,(H,15,16). The van der Waals surface area contributed by atoms with Crippen molar-refractivity contribution in [1.82, 2.24) is 9.71 Å². The Morgan fingerprint density at radius 1 is 1.35 bits per heavy atom. The minimum Gasteiger partial charge on any atom is -0.267 e. The number of rotatable bonds is 4. The molecule has 2 rings (SSSR count). The third kappa shape index (κ3) is 3.38. The lowest BCUT2D eigenvalue weighted by molar-refractivity contribution is 0.0983. The molecule has 1 aromatic rings. The molecule has 112 valence electrons. The van der Waals surface area contributed by atoms with Crippen molar-refractivity contribution in [3.8, 4) is 0 Å². The third-order valence-corrected chi connectivity index (χ3v) is 6.23. The number of sulfonamides is 1. The number of nitrogens with one attached hydrogen (secondary N) is 1. The van der Waals surface area contributed by atoms with Crippen LogP contribution in [0.25, 0.3) is 0 Å². The zero-order chi connectivity index (χ0) is 14.8. The van der Waals surface area contributed by atoms with E-state index in [2.05, 4.69) is 9.71 Å². The van der Waals surface area contributed by atoms with Gasteiger partial charge < -0.3 is 0 Å². The highest BCUT2D eigenvalue weighted by Crippen LogP contribution is 2.25. The molecule has 1 N–H and O–H groups in total. The van der Waals surface area contributed by atoms with Gasteiger partial charge in [0.25, 0.3) is 5.91 Å². The summed E-state index contributed by atoms with van der Waals surface area (Å²) in [7, 11) is -3.57. The smallest absolute Gasteiger partial charge is 0.267 e. The van der Waals surface area contributed by atoms with E-state index in [1.165, 1.54) is 11.3 Å². The molecule has 0 aliphatic heterocycles.